The molecular formula is C18H31N5OS. The fourth-order valence-electron chi connectivity index (χ4n) is 4.14. The van der Waals surface area contributed by atoms with Crippen molar-refractivity contribution < 1.29 is 4.74 Å². The van der Waals surface area contributed by atoms with Gasteiger partial charge in [-0.05, 0) is 61.8 Å². The summed E-state index contributed by atoms with van der Waals surface area (Å²) in [6, 6.07) is 1.02. The lowest BCUT2D eigenvalue weighted by atomic mass is 9.93. The molecular weight excluding hydrogens is 334 g/mol. The zero-order valence-corrected chi connectivity index (χ0v) is 16.1. The lowest BCUT2D eigenvalue weighted by molar-refractivity contribution is 0.0561. The van der Waals surface area contributed by atoms with Crippen LogP contribution in [0.1, 0.15) is 82.5 Å². The summed E-state index contributed by atoms with van der Waals surface area (Å²) < 4.78 is 7.50. The van der Waals surface area contributed by atoms with Crippen LogP contribution in [0.5, 0.6) is 0 Å². The predicted molar refractivity (Wildman–Crippen MR) is 102 cm³/mol. The summed E-state index contributed by atoms with van der Waals surface area (Å²) in [5.74, 6) is 1.00. The van der Waals surface area contributed by atoms with Crippen molar-refractivity contribution in [2.75, 3.05) is 7.11 Å². The van der Waals surface area contributed by atoms with E-state index in [1.165, 1.54) is 32.1 Å². The van der Waals surface area contributed by atoms with Crippen molar-refractivity contribution in [2.24, 2.45) is 0 Å². The number of methoxy groups -OCH3 is 1. The van der Waals surface area contributed by atoms with Gasteiger partial charge in [0.15, 0.2) is 5.82 Å². The van der Waals surface area contributed by atoms with Crippen molar-refractivity contribution in [1.29, 1.82) is 0 Å². The van der Waals surface area contributed by atoms with E-state index in [9.17, 15) is 0 Å². The Morgan fingerprint density at radius 3 is 2.64 bits per heavy atom. The van der Waals surface area contributed by atoms with Gasteiger partial charge >= 0.3 is 0 Å². The molecule has 1 aromatic heterocycles. The molecule has 0 atom stereocenters. The van der Waals surface area contributed by atoms with Crippen molar-refractivity contribution in [3.05, 3.63) is 5.82 Å². The molecule has 0 spiro atoms. The molecule has 140 valence electrons. The number of hydrogen-bond donors (Lipinski definition) is 1. The summed E-state index contributed by atoms with van der Waals surface area (Å²) in [5, 5.41) is 16.0. The Hall–Kier alpha value is -1.08. The van der Waals surface area contributed by atoms with E-state index < -0.39 is 0 Å². The minimum atomic E-state index is 0.402. The van der Waals surface area contributed by atoms with Crippen molar-refractivity contribution in [3.8, 4) is 0 Å². The van der Waals surface area contributed by atoms with Gasteiger partial charge in [-0.3, -0.25) is 0 Å². The van der Waals surface area contributed by atoms with E-state index >= 15 is 0 Å². The van der Waals surface area contributed by atoms with Crippen LogP contribution in [-0.2, 0) is 11.2 Å². The van der Waals surface area contributed by atoms with E-state index in [0.29, 0.717) is 18.2 Å². The third kappa shape index (κ3) is 5.45. The minimum Gasteiger partial charge on any atom is -0.381 e. The minimum absolute atomic E-state index is 0.402. The first kappa shape index (κ1) is 18.7. The second-order valence-corrected chi connectivity index (χ2v) is 7.95. The maximum Gasteiger partial charge on any atom is 0.151 e. The molecule has 0 saturated heterocycles. The number of tetrazole rings is 1. The van der Waals surface area contributed by atoms with Gasteiger partial charge in [-0.15, -0.1) is 5.10 Å². The molecule has 0 amide bonds. The zero-order chi connectivity index (χ0) is 17.5. The number of rotatable bonds is 7. The maximum atomic E-state index is 5.53. The number of nitrogens with zero attached hydrogens (tertiary/aromatic N) is 4. The molecule has 0 aromatic carbocycles. The zero-order valence-electron chi connectivity index (χ0n) is 15.3. The highest BCUT2D eigenvalue weighted by Crippen LogP contribution is 2.29. The highest BCUT2D eigenvalue weighted by atomic mass is 32.1. The Balaban J connectivity index is 1.41. The fraction of sp³-hybridized carbons (Fsp3) is 0.889. The SMILES string of the molecule is COC1CCC(n2nnnc2CCCC(=S)NC2CCCCC2)CC1. The summed E-state index contributed by atoms with van der Waals surface area (Å²) >= 11 is 5.53. The molecule has 3 rings (SSSR count). The maximum absolute atomic E-state index is 5.53. The van der Waals surface area contributed by atoms with Gasteiger partial charge in [0.1, 0.15) is 0 Å². The van der Waals surface area contributed by atoms with E-state index in [1.54, 1.807) is 7.11 Å². The van der Waals surface area contributed by atoms with Gasteiger partial charge in [0.05, 0.1) is 17.1 Å². The molecule has 0 bridgehead atoms. The van der Waals surface area contributed by atoms with Crippen molar-refractivity contribution >= 4 is 17.2 Å². The van der Waals surface area contributed by atoms with E-state index in [0.717, 1.165) is 55.8 Å². The molecule has 2 saturated carbocycles. The Kier molecular flexibility index (Phi) is 7.16. The largest absolute Gasteiger partial charge is 0.381 e. The molecule has 2 aliphatic rings. The summed E-state index contributed by atoms with van der Waals surface area (Å²) in [5.41, 5.74) is 0. The van der Waals surface area contributed by atoms with E-state index in [4.69, 9.17) is 17.0 Å². The third-order valence-electron chi connectivity index (χ3n) is 5.66. The van der Waals surface area contributed by atoms with Gasteiger partial charge in [0.2, 0.25) is 0 Å². The van der Waals surface area contributed by atoms with Gasteiger partial charge in [-0.2, -0.15) is 0 Å². The average Bonchev–Trinajstić information content (AvgIpc) is 3.11. The van der Waals surface area contributed by atoms with Crippen LogP contribution < -0.4 is 5.32 Å². The molecule has 2 fully saturated rings. The topological polar surface area (TPSA) is 64.9 Å². The first-order valence-corrected chi connectivity index (χ1v) is 10.3. The quantitative estimate of drug-likeness (QED) is 0.747. The number of aromatic nitrogens is 4. The van der Waals surface area contributed by atoms with Crippen LogP contribution >= 0.6 is 12.2 Å². The van der Waals surface area contributed by atoms with Crippen molar-refractivity contribution in [1.82, 2.24) is 25.5 Å². The number of aryl methyl sites for hydroxylation is 1. The number of hydrogen-bond acceptors (Lipinski definition) is 5. The molecule has 0 aliphatic heterocycles. The molecule has 0 radical (unpaired) electrons. The molecule has 1 heterocycles. The molecule has 6 nitrogen and oxygen atoms in total. The smallest absolute Gasteiger partial charge is 0.151 e. The summed E-state index contributed by atoms with van der Waals surface area (Å²) in [4.78, 5) is 1.01. The number of ether oxygens (including phenoxy) is 1. The average molecular weight is 366 g/mol. The first-order chi connectivity index (χ1) is 12.3. The van der Waals surface area contributed by atoms with E-state index in [-0.39, 0.29) is 0 Å². The standard InChI is InChI=1S/C18H31N5OS/c1-24-16-12-10-15(11-13-16)23-17(20-21-22-23)8-5-9-18(25)19-14-6-3-2-4-7-14/h14-16H,2-13H2,1H3,(H,19,25). The van der Waals surface area contributed by atoms with Crippen LogP contribution in [0.25, 0.3) is 0 Å². The highest BCUT2D eigenvalue weighted by molar-refractivity contribution is 7.80. The second-order valence-electron chi connectivity index (χ2n) is 7.46. The van der Waals surface area contributed by atoms with Gasteiger partial charge < -0.3 is 10.1 Å². The third-order valence-corrected chi connectivity index (χ3v) is 5.98. The Bertz CT molecular complexity index is 535. The van der Waals surface area contributed by atoms with Crippen molar-refractivity contribution in [3.63, 3.8) is 0 Å². The van der Waals surface area contributed by atoms with Crippen LogP contribution in [0, 0.1) is 0 Å². The van der Waals surface area contributed by atoms with Crippen LogP contribution in [0.4, 0.5) is 0 Å². The Morgan fingerprint density at radius 1 is 1.16 bits per heavy atom. The van der Waals surface area contributed by atoms with E-state index in [2.05, 4.69) is 20.8 Å². The fourth-order valence-corrected chi connectivity index (χ4v) is 4.45. The lowest BCUT2D eigenvalue weighted by Crippen LogP contribution is -2.35. The lowest BCUT2D eigenvalue weighted by Gasteiger charge is -2.27. The Labute approximate surface area is 156 Å². The van der Waals surface area contributed by atoms with Gasteiger partial charge in [-0.25, -0.2) is 4.68 Å². The van der Waals surface area contributed by atoms with Gasteiger partial charge in [0, 0.05) is 19.6 Å². The summed E-state index contributed by atoms with van der Waals surface area (Å²) in [6.07, 6.45) is 14.2. The normalized spacial score (nSPS) is 25.0. The molecule has 2 aliphatic carbocycles. The van der Waals surface area contributed by atoms with E-state index in [1.807, 2.05) is 4.68 Å². The molecule has 25 heavy (non-hydrogen) atoms. The van der Waals surface area contributed by atoms with Gasteiger partial charge in [-0.1, -0.05) is 31.5 Å². The van der Waals surface area contributed by atoms with Crippen LogP contribution in [0.2, 0.25) is 0 Å². The summed E-state index contributed by atoms with van der Waals surface area (Å²) in [7, 11) is 1.80. The summed E-state index contributed by atoms with van der Waals surface area (Å²) in [6.45, 7) is 0. The number of thiocarbonyl (C=S) groups is 1. The highest BCUT2D eigenvalue weighted by Gasteiger charge is 2.25. The molecule has 7 heteroatoms. The molecule has 1 aromatic rings. The van der Waals surface area contributed by atoms with Crippen LogP contribution in [0.15, 0.2) is 0 Å². The van der Waals surface area contributed by atoms with Crippen LogP contribution in [0.3, 0.4) is 0 Å². The predicted octanol–water partition coefficient (Wildman–Crippen LogP) is 3.38. The van der Waals surface area contributed by atoms with Crippen LogP contribution in [-0.4, -0.2) is 44.5 Å². The molecule has 0 unspecified atom stereocenters. The second kappa shape index (κ2) is 9.57. The monoisotopic (exact) mass is 365 g/mol. The van der Waals surface area contributed by atoms with Crippen molar-refractivity contribution in [2.45, 2.75) is 95.2 Å². The Morgan fingerprint density at radius 2 is 1.92 bits per heavy atom. The molecule has 1 N–H and O–H groups in total. The van der Waals surface area contributed by atoms with Gasteiger partial charge in [0.25, 0.3) is 0 Å². The first-order valence-electron chi connectivity index (χ1n) is 9.85. The number of nitrogens with one attached hydrogen (secondary N) is 1.